The summed E-state index contributed by atoms with van der Waals surface area (Å²) in [6, 6.07) is 0. The van der Waals surface area contributed by atoms with Gasteiger partial charge in [0.1, 0.15) is 12.2 Å². The largest absolute Gasteiger partial charge is 0.319 e. The molecule has 0 saturated carbocycles. The normalized spacial score (nSPS) is 13.3. The van der Waals surface area contributed by atoms with Crippen molar-refractivity contribution < 1.29 is 0 Å². The molecular weight excluding hydrogens is 200 g/mol. The Morgan fingerprint density at radius 3 is 2.75 bits per heavy atom. The molecule has 1 heterocycles. The van der Waals surface area contributed by atoms with E-state index in [1.807, 2.05) is 11.7 Å². The van der Waals surface area contributed by atoms with Crippen molar-refractivity contribution in [2.24, 2.45) is 11.8 Å². The molecule has 0 spiro atoms. The van der Waals surface area contributed by atoms with E-state index in [-0.39, 0.29) is 0 Å². The van der Waals surface area contributed by atoms with Crippen LogP contribution >= 0.6 is 0 Å². The first-order chi connectivity index (χ1) is 7.67. The molecule has 0 radical (unpaired) electrons. The van der Waals surface area contributed by atoms with Crippen LogP contribution in [0.2, 0.25) is 0 Å². The Bertz CT molecular complexity index is 293. The summed E-state index contributed by atoms with van der Waals surface area (Å²) >= 11 is 0. The van der Waals surface area contributed by atoms with Crippen LogP contribution in [0.5, 0.6) is 0 Å². The highest BCUT2D eigenvalue weighted by molar-refractivity contribution is 4.88. The van der Waals surface area contributed by atoms with Crippen LogP contribution in [-0.4, -0.2) is 28.4 Å². The molecule has 0 aromatic carbocycles. The molecule has 1 unspecified atom stereocenters. The van der Waals surface area contributed by atoms with Crippen molar-refractivity contribution in [3.8, 4) is 0 Å². The van der Waals surface area contributed by atoms with Gasteiger partial charge in [-0.1, -0.05) is 13.8 Å². The van der Waals surface area contributed by atoms with Gasteiger partial charge in [0.25, 0.3) is 0 Å². The topological polar surface area (TPSA) is 42.7 Å². The van der Waals surface area contributed by atoms with Gasteiger partial charge in [0.05, 0.1) is 0 Å². The fourth-order valence-corrected chi connectivity index (χ4v) is 2.16. The molecule has 1 rings (SSSR count). The van der Waals surface area contributed by atoms with Crippen molar-refractivity contribution >= 4 is 0 Å². The minimum Gasteiger partial charge on any atom is -0.319 e. The lowest BCUT2D eigenvalue weighted by Crippen LogP contribution is -2.23. The van der Waals surface area contributed by atoms with Crippen molar-refractivity contribution in [1.29, 1.82) is 0 Å². The van der Waals surface area contributed by atoms with E-state index in [0.29, 0.717) is 5.92 Å². The van der Waals surface area contributed by atoms with Crippen molar-refractivity contribution in [3.63, 3.8) is 0 Å². The van der Waals surface area contributed by atoms with E-state index >= 15 is 0 Å². The maximum absolute atomic E-state index is 4.34. The molecule has 4 heteroatoms. The summed E-state index contributed by atoms with van der Waals surface area (Å²) in [7, 11) is 2.01. The zero-order valence-corrected chi connectivity index (χ0v) is 10.9. The lowest BCUT2D eigenvalue weighted by atomic mass is 9.94. The van der Waals surface area contributed by atoms with E-state index in [1.165, 1.54) is 6.42 Å². The Labute approximate surface area is 98.5 Å². The average Bonchev–Trinajstić information content (AvgIpc) is 2.64. The summed E-state index contributed by atoms with van der Waals surface area (Å²) in [6.07, 6.45) is 3.91. The average molecular weight is 224 g/mol. The van der Waals surface area contributed by atoms with Crippen LogP contribution in [0.1, 0.15) is 33.0 Å². The molecule has 0 aliphatic heterocycles. The van der Waals surface area contributed by atoms with E-state index in [1.54, 1.807) is 6.33 Å². The van der Waals surface area contributed by atoms with E-state index in [4.69, 9.17) is 0 Å². The molecule has 1 N–H and O–H groups in total. The number of hydrogen-bond acceptors (Lipinski definition) is 3. The van der Waals surface area contributed by atoms with Crippen LogP contribution in [0.15, 0.2) is 6.33 Å². The Kier molecular flexibility index (Phi) is 5.46. The molecular formula is C12H24N4. The van der Waals surface area contributed by atoms with Crippen molar-refractivity contribution in [1.82, 2.24) is 20.1 Å². The molecule has 1 aromatic rings. The summed E-state index contributed by atoms with van der Waals surface area (Å²) in [5.41, 5.74) is 0. The minimum atomic E-state index is 0.652. The molecule has 0 amide bonds. The molecule has 0 bridgehead atoms. The van der Waals surface area contributed by atoms with Gasteiger partial charge in [0.2, 0.25) is 0 Å². The third-order valence-corrected chi connectivity index (χ3v) is 2.76. The number of aryl methyl sites for hydroxylation is 1. The van der Waals surface area contributed by atoms with Crippen LogP contribution in [0.3, 0.4) is 0 Å². The van der Waals surface area contributed by atoms with E-state index in [2.05, 4.69) is 36.2 Å². The fourth-order valence-electron chi connectivity index (χ4n) is 2.16. The van der Waals surface area contributed by atoms with Gasteiger partial charge in [-0.15, -0.1) is 0 Å². The predicted molar refractivity (Wildman–Crippen MR) is 66.3 cm³/mol. The summed E-state index contributed by atoms with van der Waals surface area (Å²) in [5, 5.41) is 7.48. The zero-order valence-electron chi connectivity index (χ0n) is 10.9. The molecule has 1 aromatic heterocycles. The minimum absolute atomic E-state index is 0.652. The molecule has 4 nitrogen and oxygen atoms in total. The lowest BCUT2D eigenvalue weighted by molar-refractivity contribution is 0.382. The van der Waals surface area contributed by atoms with Crippen LogP contribution in [0.25, 0.3) is 0 Å². The Hall–Kier alpha value is -0.900. The molecule has 0 saturated heterocycles. The fraction of sp³-hybridized carbons (Fsp3) is 0.833. The standard InChI is InChI=1S/C12H24N4/c1-5-16-12(14-9-15-16)7-11(8-13-4)6-10(2)3/h9-11,13H,5-8H2,1-4H3. The van der Waals surface area contributed by atoms with Gasteiger partial charge >= 0.3 is 0 Å². The van der Waals surface area contributed by atoms with Gasteiger partial charge < -0.3 is 5.32 Å². The monoisotopic (exact) mass is 224 g/mol. The Morgan fingerprint density at radius 2 is 2.19 bits per heavy atom. The van der Waals surface area contributed by atoms with Crippen LogP contribution < -0.4 is 5.32 Å². The maximum atomic E-state index is 4.34. The van der Waals surface area contributed by atoms with Gasteiger partial charge in [0.15, 0.2) is 0 Å². The third kappa shape index (κ3) is 3.93. The number of nitrogens with zero attached hydrogens (tertiary/aromatic N) is 3. The number of nitrogens with one attached hydrogen (secondary N) is 1. The second-order valence-electron chi connectivity index (χ2n) is 4.75. The smallest absolute Gasteiger partial charge is 0.138 e. The first-order valence-electron chi connectivity index (χ1n) is 6.18. The van der Waals surface area contributed by atoms with E-state index in [0.717, 1.165) is 31.3 Å². The first kappa shape index (κ1) is 13.2. The van der Waals surface area contributed by atoms with Crippen molar-refractivity contribution in [2.75, 3.05) is 13.6 Å². The molecule has 0 aliphatic rings. The van der Waals surface area contributed by atoms with Gasteiger partial charge in [-0.2, -0.15) is 5.10 Å². The second-order valence-corrected chi connectivity index (χ2v) is 4.75. The van der Waals surface area contributed by atoms with Crippen molar-refractivity contribution in [3.05, 3.63) is 12.2 Å². The summed E-state index contributed by atoms with van der Waals surface area (Å²) in [5.74, 6) is 2.50. The predicted octanol–water partition coefficient (Wildman–Crippen LogP) is 1.72. The number of hydrogen-bond donors (Lipinski definition) is 1. The van der Waals surface area contributed by atoms with Gasteiger partial charge in [-0.3, -0.25) is 4.68 Å². The third-order valence-electron chi connectivity index (χ3n) is 2.76. The van der Waals surface area contributed by atoms with Crippen molar-refractivity contribution in [2.45, 2.75) is 40.2 Å². The van der Waals surface area contributed by atoms with Gasteiger partial charge in [-0.05, 0) is 38.8 Å². The highest BCUT2D eigenvalue weighted by Gasteiger charge is 2.14. The molecule has 1 atom stereocenters. The lowest BCUT2D eigenvalue weighted by Gasteiger charge is -2.18. The number of rotatable bonds is 7. The molecule has 16 heavy (non-hydrogen) atoms. The van der Waals surface area contributed by atoms with Gasteiger partial charge in [0, 0.05) is 13.0 Å². The molecule has 0 aliphatic carbocycles. The summed E-state index contributed by atoms with van der Waals surface area (Å²) < 4.78 is 1.99. The van der Waals surface area contributed by atoms with Crippen LogP contribution in [0, 0.1) is 11.8 Å². The molecule has 92 valence electrons. The quantitative estimate of drug-likeness (QED) is 0.767. The highest BCUT2D eigenvalue weighted by atomic mass is 15.3. The highest BCUT2D eigenvalue weighted by Crippen LogP contribution is 2.15. The van der Waals surface area contributed by atoms with E-state index in [9.17, 15) is 0 Å². The SMILES string of the molecule is CCn1ncnc1CC(CNC)CC(C)C. The second kappa shape index (κ2) is 6.63. The van der Waals surface area contributed by atoms with Crippen LogP contribution in [-0.2, 0) is 13.0 Å². The first-order valence-corrected chi connectivity index (χ1v) is 6.18. The molecule has 0 fully saturated rings. The van der Waals surface area contributed by atoms with E-state index < -0.39 is 0 Å². The Balaban J connectivity index is 2.59. The van der Waals surface area contributed by atoms with Crippen LogP contribution in [0.4, 0.5) is 0 Å². The van der Waals surface area contributed by atoms with Gasteiger partial charge in [-0.25, -0.2) is 4.98 Å². The summed E-state index contributed by atoms with van der Waals surface area (Å²) in [6.45, 7) is 8.60. The Morgan fingerprint density at radius 1 is 1.44 bits per heavy atom. The maximum Gasteiger partial charge on any atom is 0.138 e. The number of aromatic nitrogens is 3. The zero-order chi connectivity index (χ0) is 12.0. The summed E-state index contributed by atoms with van der Waals surface area (Å²) in [4.78, 5) is 4.34.